The van der Waals surface area contributed by atoms with Gasteiger partial charge in [0.2, 0.25) is 0 Å². The Labute approximate surface area is 90.3 Å². The molecule has 1 aliphatic rings. The van der Waals surface area contributed by atoms with Crippen LogP contribution < -0.4 is 0 Å². The molecule has 2 atom stereocenters. The first-order valence-corrected chi connectivity index (χ1v) is 5.52. The van der Waals surface area contributed by atoms with Crippen molar-refractivity contribution in [2.75, 3.05) is 6.61 Å². The second kappa shape index (κ2) is 4.47. The van der Waals surface area contributed by atoms with Gasteiger partial charge < -0.3 is 4.74 Å². The molecule has 0 bridgehead atoms. The number of esters is 1. The van der Waals surface area contributed by atoms with Gasteiger partial charge in [0, 0.05) is 0 Å². The van der Waals surface area contributed by atoms with Gasteiger partial charge in [-0.2, -0.15) is 0 Å². The lowest BCUT2D eigenvalue weighted by atomic mass is 10.1. The van der Waals surface area contributed by atoms with Gasteiger partial charge in [-0.1, -0.05) is 30.3 Å². The molecule has 1 unspecified atom stereocenters. The third kappa shape index (κ3) is 2.58. The van der Waals surface area contributed by atoms with Crippen molar-refractivity contribution in [3.05, 3.63) is 35.9 Å². The Balaban J connectivity index is 1.83. The zero-order valence-electron chi connectivity index (χ0n) is 8.98. The first-order valence-electron chi connectivity index (χ1n) is 5.52. The largest absolute Gasteiger partial charge is 0.466 e. The standard InChI is InChI=1S/C13H16O2/c1-2-15-13(14)12-9-11(12)8-10-6-4-3-5-7-10/h3-7,11-12H,2,8-9H2,1H3/t11?,12-/m1/s1. The van der Waals surface area contributed by atoms with E-state index in [2.05, 4.69) is 12.1 Å². The van der Waals surface area contributed by atoms with Crippen LogP contribution in [0.15, 0.2) is 30.3 Å². The van der Waals surface area contributed by atoms with Gasteiger partial charge in [-0.05, 0) is 31.2 Å². The van der Waals surface area contributed by atoms with E-state index < -0.39 is 0 Å². The number of ether oxygens (including phenoxy) is 1. The summed E-state index contributed by atoms with van der Waals surface area (Å²) in [4.78, 5) is 11.4. The summed E-state index contributed by atoms with van der Waals surface area (Å²) in [5.41, 5.74) is 1.31. The molecule has 1 saturated carbocycles. The first kappa shape index (κ1) is 10.2. The summed E-state index contributed by atoms with van der Waals surface area (Å²) in [5, 5.41) is 0. The Morgan fingerprint density at radius 3 is 2.80 bits per heavy atom. The Kier molecular flexibility index (Phi) is 3.05. The highest BCUT2D eigenvalue weighted by atomic mass is 16.5. The van der Waals surface area contributed by atoms with Crippen LogP contribution >= 0.6 is 0 Å². The van der Waals surface area contributed by atoms with Crippen LogP contribution in [0.5, 0.6) is 0 Å². The second-order valence-corrected chi connectivity index (χ2v) is 4.04. The topological polar surface area (TPSA) is 26.3 Å². The molecule has 0 spiro atoms. The molecule has 80 valence electrons. The smallest absolute Gasteiger partial charge is 0.309 e. The van der Waals surface area contributed by atoms with E-state index in [-0.39, 0.29) is 11.9 Å². The van der Waals surface area contributed by atoms with Crippen molar-refractivity contribution < 1.29 is 9.53 Å². The predicted molar refractivity (Wildman–Crippen MR) is 58.4 cm³/mol. The Hall–Kier alpha value is -1.31. The summed E-state index contributed by atoms with van der Waals surface area (Å²) < 4.78 is 4.99. The summed E-state index contributed by atoms with van der Waals surface area (Å²) in [7, 11) is 0. The van der Waals surface area contributed by atoms with E-state index >= 15 is 0 Å². The highest BCUT2D eigenvalue weighted by Crippen LogP contribution is 2.41. The van der Waals surface area contributed by atoms with E-state index in [0.29, 0.717) is 12.5 Å². The molecule has 0 heterocycles. The summed E-state index contributed by atoms with van der Waals surface area (Å²) >= 11 is 0. The molecule has 1 fully saturated rings. The zero-order valence-corrected chi connectivity index (χ0v) is 8.98. The third-order valence-electron chi connectivity index (χ3n) is 2.85. The highest BCUT2D eigenvalue weighted by Gasteiger charge is 2.43. The molecule has 15 heavy (non-hydrogen) atoms. The van der Waals surface area contributed by atoms with Gasteiger partial charge >= 0.3 is 5.97 Å². The molecule has 0 aromatic heterocycles. The number of benzene rings is 1. The van der Waals surface area contributed by atoms with Crippen molar-refractivity contribution in [2.45, 2.75) is 19.8 Å². The van der Waals surface area contributed by atoms with E-state index in [0.717, 1.165) is 12.8 Å². The lowest BCUT2D eigenvalue weighted by molar-refractivity contribution is -0.145. The summed E-state index contributed by atoms with van der Waals surface area (Å²) in [6.45, 7) is 2.35. The van der Waals surface area contributed by atoms with Crippen molar-refractivity contribution in [3.63, 3.8) is 0 Å². The van der Waals surface area contributed by atoms with Crippen LogP contribution in [0.1, 0.15) is 18.9 Å². The Morgan fingerprint density at radius 2 is 2.13 bits per heavy atom. The monoisotopic (exact) mass is 204 g/mol. The predicted octanol–water partition coefficient (Wildman–Crippen LogP) is 2.43. The zero-order chi connectivity index (χ0) is 10.7. The number of rotatable bonds is 4. The number of carbonyl (C=O) groups excluding carboxylic acids is 1. The van der Waals surface area contributed by atoms with E-state index in [1.807, 2.05) is 25.1 Å². The first-order chi connectivity index (χ1) is 7.31. The van der Waals surface area contributed by atoms with E-state index in [4.69, 9.17) is 4.74 Å². The normalized spacial score (nSPS) is 23.5. The third-order valence-corrected chi connectivity index (χ3v) is 2.85. The van der Waals surface area contributed by atoms with Crippen LogP contribution in [0.2, 0.25) is 0 Å². The average molecular weight is 204 g/mol. The SMILES string of the molecule is CCOC(=O)[C@@H]1CC1Cc1ccccc1. The minimum Gasteiger partial charge on any atom is -0.466 e. The van der Waals surface area contributed by atoms with Crippen LogP contribution in [-0.2, 0) is 16.0 Å². The lowest BCUT2D eigenvalue weighted by Gasteiger charge is -2.01. The van der Waals surface area contributed by atoms with Crippen molar-refractivity contribution in [2.24, 2.45) is 11.8 Å². The van der Waals surface area contributed by atoms with Crippen molar-refractivity contribution in [1.82, 2.24) is 0 Å². The lowest BCUT2D eigenvalue weighted by Crippen LogP contribution is -2.08. The maximum absolute atomic E-state index is 11.4. The molecule has 2 heteroatoms. The van der Waals surface area contributed by atoms with Gasteiger partial charge in [-0.15, -0.1) is 0 Å². The van der Waals surface area contributed by atoms with Crippen LogP contribution in [0, 0.1) is 11.8 Å². The van der Waals surface area contributed by atoms with Crippen LogP contribution in [0.3, 0.4) is 0 Å². The molecular weight excluding hydrogens is 188 g/mol. The van der Waals surface area contributed by atoms with Crippen LogP contribution in [0.25, 0.3) is 0 Å². The van der Waals surface area contributed by atoms with Gasteiger partial charge in [0.05, 0.1) is 12.5 Å². The Morgan fingerprint density at radius 1 is 1.40 bits per heavy atom. The van der Waals surface area contributed by atoms with Gasteiger partial charge in [0.15, 0.2) is 0 Å². The molecule has 2 nitrogen and oxygen atoms in total. The molecule has 0 saturated heterocycles. The van der Waals surface area contributed by atoms with Gasteiger partial charge in [-0.3, -0.25) is 4.79 Å². The molecule has 1 aromatic rings. The molecule has 0 amide bonds. The fraction of sp³-hybridized carbons (Fsp3) is 0.462. The quantitative estimate of drug-likeness (QED) is 0.704. The van der Waals surface area contributed by atoms with Gasteiger partial charge in [0.25, 0.3) is 0 Å². The second-order valence-electron chi connectivity index (χ2n) is 4.04. The minimum atomic E-state index is -0.0153. The van der Waals surface area contributed by atoms with Crippen molar-refractivity contribution in [1.29, 1.82) is 0 Å². The number of hydrogen-bond acceptors (Lipinski definition) is 2. The summed E-state index contributed by atoms with van der Waals surface area (Å²) in [5.74, 6) is 0.648. The van der Waals surface area contributed by atoms with Gasteiger partial charge in [-0.25, -0.2) is 0 Å². The fourth-order valence-corrected chi connectivity index (χ4v) is 1.93. The molecule has 0 radical (unpaired) electrons. The number of hydrogen-bond donors (Lipinski definition) is 0. The minimum absolute atomic E-state index is 0.0153. The summed E-state index contributed by atoms with van der Waals surface area (Å²) in [6, 6.07) is 10.3. The molecule has 0 N–H and O–H groups in total. The van der Waals surface area contributed by atoms with Gasteiger partial charge in [0.1, 0.15) is 0 Å². The van der Waals surface area contributed by atoms with Crippen molar-refractivity contribution >= 4 is 5.97 Å². The van der Waals surface area contributed by atoms with E-state index in [1.54, 1.807) is 0 Å². The maximum atomic E-state index is 11.4. The Bertz CT molecular complexity index is 332. The highest BCUT2D eigenvalue weighted by molar-refractivity contribution is 5.75. The summed E-state index contributed by atoms with van der Waals surface area (Å²) in [6.07, 6.45) is 2.00. The van der Waals surface area contributed by atoms with Crippen molar-refractivity contribution in [3.8, 4) is 0 Å². The molecule has 1 aliphatic carbocycles. The molecular formula is C13H16O2. The van der Waals surface area contributed by atoms with E-state index in [1.165, 1.54) is 5.56 Å². The van der Waals surface area contributed by atoms with Crippen LogP contribution in [0.4, 0.5) is 0 Å². The van der Waals surface area contributed by atoms with E-state index in [9.17, 15) is 4.79 Å². The van der Waals surface area contributed by atoms with Crippen LogP contribution in [-0.4, -0.2) is 12.6 Å². The average Bonchev–Trinajstić information content (AvgIpc) is 2.99. The number of carbonyl (C=O) groups is 1. The molecule has 2 rings (SSSR count). The molecule has 0 aliphatic heterocycles. The maximum Gasteiger partial charge on any atom is 0.309 e. The molecule has 1 aromatic carbocycles. The fourth-order valence-electron chi connectivity index (χ4n) is 1.93.